The van der Waals surface area contributed by atoms with Crippen LogP contribution in [0.25, 0.3) is 11.0 Å². The van der Waals surface area contributed by atoms with Crippen molar-refractivity contribution in [2.24, 2.45) is 0 Å². The standard InChI is InChI=1S/C17H23N3/c1-4-9-14(6-3)18-13-17-19-15-10-7-8-11-16(15)20(17)12-5-2/h3,7-8,10-11,14,18H,4-5,9,12-13H2,1-2H3. The third-order valence-electron chi connectivity index (χ3n) is 3.47. The Kier molecular flexibility index (Phi) is 5.20. The Morgan fingerprint density at radius 1 is 1.30 bits per heavy atom. The maximum Gasteiger partial charge on any atom is 0.123 e. The van der Waals surface area contributed by atoms with Crippen LogP contribution in [0.4, 0.5) is 0 Å². The van der Waals surface area contributed by atoms with Gasteiger partial charge >= 0.3 is 0 Å². The predicted molar refractivity (Wildman–Crippen MR) is 84.4 cm³/mol. The highest BCUT2D eigenvalue weighted by Crippen LogP contribution is 2.16. The van der Waals surface area contributed by atoms with E-state index >= 15 is 0 Å². The van der Waals surface area contributed by atoms with Gasteiger partial charge in [-0.05, 0) is 25.0 Å². The van der Waals surface area contributed by atoms with Crippen LogP contribution in [0.15, 0.2) is 24.3 Å². The fraction of sp³-hybridized carbons (Fsp3) is 0.471. The van der Waals surface area contributed by atoms with Crippen LogP contribution < -0.4 is 5.32 Å². The molecule has 0 aliphatic carbocycles. The second kappa shape index (κ2) is 7.12. The molecule has 0 aliphatic rings. The van der Waals surface area contributed by atoms with Crippen molar-refractivity contribution < 1.29 is 0 Å². The molecule has 3 heteroatoms. The van der Waals surface area contributed by atoms with E-state index in [1.807, 2.05) is 6.07 Å². The van der Waals surface area contributed by atoms with Crippen LogP contribution in [0.1, 0.15) is 38.9 Å². The summed E-state index contributed by atoms with van der Waals surface area (Å²) in [7, 11) is 0. The molecule has 1 atom stereocenters. The topological polar surface area (TPSA) is 29.9 Å². The highest BCUT2D eigenvalue weighted by Gasteiger charge is 2.11. The second-order valence-corrected chi connectivity index (χ2v) is 5.06. The van der Waals surface area contributed by atoms with E-state index in [9.17, 15) is 0 Å². The first-order valence-corrected chi connectivity index (χ1v) is 7.43. The molecular formula is C17H23N3. The van der Waals surface area contributed by atoms with Gasteiger partial charge < -0.3 is 4.57 Å². The lowest BCUT2D eigenvalue weighted by Crippen LogP contribution is -2.28. The number of imidazole rings is 1. The molecule has 0 fully saturated rings. The van der Waals surface area contributed by atoms with Crippen LogP contribution in [0.5, 0.6) is 0 Å². The number of para-hydroxylation sites is 2. The summed E-state index contributed by atoms with van der Waals surface area (Å²) in [6.07, 6.45) is 8.75. The lowest BCUT2D eigenvalue weighted by molar-refractivity contribution is 0.532. The summed E-state index contributed by atoms with van der Waals surface area (Å²) in [6.45, 7) is 6.06. The van der Waals surface area contributed by atoms with Crippen LogP contribution in [0.3, 0.4) is 0 Å². The minimum Gasteiger partial charge on any atom is -0.327 e. The smallest absolute Gasteiger partial charge is 0.123 e. The lowest BCUT2D eigenvalue weighted by atomic mass is 10.2. The van der Waals surface area contributed by atoms with Gasteiger partial charge in [0, 0.05) is 6.54 Å². The Hall–Kier alpha value is -1.79. The predicted octanol–water partition coefficient (Wildman–Crippen LogP) is 3.34. The average molecular weight is 269 g/mol. The van der Waals surface area contributed by atoms with Gasteiger partial charge in [-0.3, -0.25) is 5.32 Å². The zero-order valence-electron chi connectivity index (χ0n) is 12.4. The quantitative estimate of drug-likeness (QED) is 0.781. The second-order valence-electron chi connectivity index (χ2n) is 5.06. The number of nitrogens with zero attached hydrogens (tertiary/aromatic N) is 2. The van der Waals surface area contributed by atoms with Crippen molar-refractivity contribution in [2.45, 2.75) is 52.2 Å². The number of nitrogens with one attached hydrogen (secondary N) is 1. The summed E-state index contributed by atoms with van der Waals surface area (Å²) in [5.41, 5.74) is 2.27. The number of aromatic nitrogens is 2. The molecule has 3 nitrogen and oxygen atoms in total. The van der Waals surface area contributed by atoms with Gasteiger partial charge in [0.1, 0.15) is 5.82 Å². The van der Waals surface area contributed by atoms with Gasteiger partial charge in [-0.15, -0.1) is 6.42 Å². The molecule has 1 heterocycles. The highest BCUT2D eigenvalue weighted by atomic mass is 15.1. The molecule has 20 heavy (non-hydrogen) atoms. The van der Waals surface area contributed by atoms with E-state index in [-0.39, 0.29) is 6.04 Å². The summed E-state index contributed by atoms with van der Waals surface area (Å²) in [5, 5.41) is 3.43. The number of fused-ring (bicyclic) bond motifs is 1. The van der Waals surface area contributed by atoms with Gasteiger partial charge in [0.2, 0.25) is 0 Å². The van der Waals surface area contributed by atoms with Gasteiger partial charge in [-0.2, -0.15) is 0 Å². The average Bonchev–Trinajstić information content (AvgIpc) is 2.82. The molecule has 0 spiro atoms. The van der Waals surface area contributed by atoms with E-state index in [1.165, 1.54) is 5.52 Å². The zero-order valence-corrected chi connectivity index (χ0v) is 12.4. The molecule has 0 saturated carbocycles. The Morgan fingerprint density at radius 2 is 2.10 bits per heavy atom. The van der Waals surface area contributed by atoms with Gasteiger partial charge in [0.05, 0.1) is 23.6 Å². The summed E-state index contributed by atoms with van der Waals surface area (Å²) < 4.78 is 2.29. The zero-order chi connectivity index (χ0) is 14.4. The minimum atomic E-state index is 0.134. The molecule has 0 amide bonds. The highest BCUT2D eigenvalue weighted by molar-refractivity contribution is 5.75. The van der Waals surface area contributed by atoms with Crippen molar-refractivity contribution in [1.29, 1.82) is 0 Å². The molecule has 2 aromatic rings. The van der Waals surface area contributed by atoms with Crippen molar-refractivity contribution in [3.05, 3.63) is 30.1 Å². The molecule has 0 radical (unpaired) electrons. The SMILES string of the molecule is C#CC(CCC)NCc1nc2ccccc2n1CCC. The first-order valence-electron chi connectivity index (χ1n) is 7.43. The molecule has 106 valence electrons. The third-order valence-corrected chi connectivity index (χ3v) is 3.47. The van der Waals surface area contributed by atoms with E-state index < -0.39 is 0 Å². The van der Waals surface area contributed by atoms with Crippen molar-refractivity contribution in [3.8, 4) is 12.3 Å². The van der Waals surface area contributed by atoms with Gasteiger partial charge in [-0.1, -0.05) is 38.3 Å². The van der Waals surface area contributed by atoms with Crippen molar-refractivity contribution in [2.75, 3.05) is 0 Å². The lowest BCUT2D eigenvalue weighted by Gasteiger charge is -2.13. The van der Waals surface area contributed by atoms with Crippen LogP contribution in [-0.4, -0.2) is 15.6 Å². The number of aryl methyl sites for hydroxylation is 1. The molecule has 0 saturated heterocycles. The van der Waals surface area contributed by atoms with E-state index in [0.29, 0.717) is 0 Å². The van der Waals surface area contributed by atoms with Crippen LogP contribution in [0, 0.1) is 12.3 Å². The fourth-order valence-corrected chi connectivity index (χ4v) is 2.48. The molecule has 1 unspecified atom stereocenters. The number of rotatable bonds is 7. The van der Waals surface area contributed by atoms with E-state index in [4.69, 9.17) is 11.4 Å². The first-order chi connectivity index (χ1) is 9.80. The maximum atomic E-state index is 5.56. The Labute approximate surface area is 121 Å². The molecule has 1 aromatic heterocycles. The Morgan fingerprint density at radius 3 is 2.80 bits per heavy atom. The van der Waals surface area contributed by atoms with Crippen molar-refractivity contribution in [3.63, 3.8) is 0 Å². The maximum absolute atomic E-state index is 5.56. The summed E-state index contributed by atoms with van der Waals surface area (Å²) in [6, 6.07) is 8.43. The number of hydrogen-bond donors (Lipinski definition) is 1. The van der Waals surface area contributed by atoms with E-state index in [0.717, 1.165) is 43.7 Å². The summed E-state index contributed by atoms with van der Waals surface area (Å²) in [4.78, 5) is 4.73. The Bertz CT molecular complexity index is 592. The van der Waals surface area contributed by atoms with Crippen LogP contribution in [0.2, 0.25) is 0 Å². The third kappa shape index (κ3) is 3.20. The van der Waals surface area contributed by atoms with Gasteiger partial charge in [0.15, 0.2) is 0 Å². The molecule has 0 aliphatic heterocycles. The number of benzene rings is 1. The summed E-state index contributed by atoms with van der Waals surface area (Å²) >= 11 is 0. The normalized spacial score (nSPS) is 12.4. The van der Waals surface area contributed by atoms with Gasteiger partial charge in [-0.25, -0.2) is 4.98 Å². The number of terminal acetylenes is 1. The Balaban J connectivity index is 2.20. The minimum absolute atomic E-state index is 0.134. The van der Waals surface area contributed by atoms with Crippen LogP contribution in [-0.2, 0) is 13.1 Å². The molecule has 0 bridgehead atoms. The van der Waals surface area contributed by atoms with E-state index in [1.54, 1.807) is 0 Å². The summed E-state index contributed by atoms with van der Waals surface area (Å²) in [5.74, 6) is 3.88. The molecule has 1 N–H and O–H groups in total. The largest absolute Gasteiger partial charge is 0.327 e. The monoisotopic (exact) mass is 269 g/mol. The van der Waals surface area contributed by atoms with E-state index in [2.05, 4.69) is 47.9 Å². The number of hydrogen-bond acceptors (Lipinski definition) is 2. The fourth-order valence-electron chi connectivity index (χ4n) is 2.48. The molecule has 2 rings (SSSR count). The van der Waals surface area contributed by atoms with Gasteiger partial charge in [0.25, 0.3) is 0 Å². The molecule has 1 aromatic carbocycles. The van der Waals surface area contributed by atoms with Crippen LogP contribution >= 0.6 is 0 Å². The molecular weight excluding hydrogens is 246 g/mol. The van der Waals surface area contributed by atoms with Crippen molar-refractivity contribution >= 4 is 11.0 Å². The first kappa shape index (κ1) is 14.6. The van der Waals surface area contributed by atoms with Crippen molar-refractivity contribution in [1.82, 2.24) is 14.9 Å².